The smallest absolute Gasteiger partial charge is 0.222 e. The Morgan fingerprint density at radius 3 is 2.65 bits per heavy atom. The van der Waals surface area contributed by atoms with Crippen LogP contribution < -0.4 is 15.4 Å². The average Bonchev–Trinajstić information content (AvgIpc) is 3.01. The van der Waals surface area contributed by atoms with Crippen LogP contribution in [0.3, 0.4) is 0 Å². The lowest BCUT2D eigenvalue weighted by Gasteiger charge is -2.18. The zero-order chi connectivity index (χ0) is 17.3. The molecule has 0 radical (unpaired) electrons. The zero-order valence-electron chi connectivity index (χ0n) is 14.3. The van der Waals surface area contributed by atoms with E-state index in [0.717, 1.165) is 13.0 Å². The summed E-state index contributed by atoms with van der Waals surface area (Å²) in [6.45, 7) is 5.99. The van der Waals surface area contributed by atoms with Gasteiger partial charge in [-0.05, 0) is 19.8 Å². The van der Waals surface area contributed by atoms with Crippen LogP contribution in [0.2, 0.25) is 0 Å². The summed E-state index contributed by atoms with van der Waals surface area (Å²) in [6, 6.07) is 0.204. The van der Waals surface area contributed by atoms with Gasteiger partial charge >= 0.3 is 0 Å². The number of amides is 1. The van der Waals surface area contributed by atoms with E-state index in [1.165, 1.54) is 0 Å². The van der Waals surface area contributed by atoms with Crippen molar-refractivity contribution < 1.29 is 13.2 Å². The molecule has 1 fully saturated rings. The topological polar surface area (TPSA) is 103 Å². The van der Waals surface area contributed by atoms with Gasteiger partial charge in [0.2, 0.25) is 15.9 Å². The van der Waals surface area contributed by atoms with Gasteiger partial charge in [0.25, 0.3) is 0 Å². The van der Waals surface area contributed by atoms with Gasteiger partial charge in [-0.15, -0.1) is 0 Å². The number of nitrogens with one attached hydrogen (secondary N) is 3. The number of sulfonamides is 1. The molecular formula is C14H29N5O3S. The third-order valence-corrected chi connectivity index (χ3v) is 5.16. The average molecular weight is 347 g/mol. The Bertz CT molecular complexity index is 507. The minimum Gasteiger partial charge on any atom is -0.356 e. The summed E-state index contributed by atoms with van der Waals surface area (Å²) in [7, 11) is -1.43. The number of hydrogen-bond acceptors (Lipinski definition) is 4. The molecule has 9 heteroatoms. The van der Waals surface area contributed by atoms with Crippen LogP contribution in [0, 0.1) is 0 Å². The van der Waals surface area contributed by atoms with E-state index >= 15 is 0 Å². The van der Waals surface area contributed by atoms with Crippen LogP contribution in [0.4, 0.5) is 0 Å². The molecule has 134 valence electrons. The first-order valence-corrected chi connectivity index (χ1v) is 9.79. The van der Waals surface area contributed by atoms with E-state index in [2.05, 4.69) is 20.3 Å². The number of guanidine groups is 1. The molecule has 1 saturated heterocycles. The normalized spacial score (nSPS) is 19.0. The van der Waals surface area contributed by atoms with Crippen LogP contribution in [-0.4, -0.2) is 70.2 Å². The zero-order valence-corrected chi connectivity index (χ0v) is 15.1. The molecule has 1 rings (SSSR count). The fourth-order valence-corrected chi connectivity index (χ4v) is 3.00. The van der Waals surface area contributed by atoms with Crippen LogP contribution in [0.5, 0.6) is 0 Å². The van der Waals surface area contributed by atoms with Crippen LogP contribution >= 0.6 is 0 Å². The summed E-state index contributed by atoms with van der Waals surface area (Å²) in [4.78, 5) is 17.7. The van der Waals surface area contributed by atoms with Gasteiger partial charge < -0.3 is 15.5 Å². The highest BCUT2D eigenvalue weighted by molar-refractivity contribution is 7.89. The molecule has 1 unspecified atom stereocenters. The van der Waals surface area contributed by atoms with Crippen molar-refractivity contribution in [3.63, 3.8) is 0 Å². The number of nitrogens with zero attached hydrogens (tertiary/aromatic N) is 2. The first-order valence-electron chi connectivity index (χ1n) is 8.14. The van der Waals surface area contributed by atoms with Gasteiger partial charge in [0.05, 0.1) is 5.75 Å². The highest BCUT2D eigenvalue weighted by Crippen LogP contribution is 2.10. The second-order valence-corrected chi connectivity index (χ2v) is 7.57. The molecule has 0 aromatic carbocycles. The van der Waals surface area contributed by atoms with Crippen molar-refractivity contribution in [1.29, 1.82) is 0 Å². The standard InChI is InChI=1S/C14H29N5O3S/c1-4-13(20)19-10-7-12(11-19)18-14(15-3)16-8-6-9-17-23(21,22)5-2/h12,17H,4-11H2,1-3H3,(H2,15,16,18). The molecule has 0 aliphatic carbocycles. The Labute approximate surface area is 139 Å². The molecule has 1 atom stereocenters. The molecular weight excluding hydrogens is 318 g/mol. The lowest BCUT2D eigenvalue weighted by molar-refractivity contribution is -0.129. The van der Waals surface area contributed by atoms with E-state index in [-0.39, 0.29) is 17.7 Å². The van der Waals surface area contributed by atoms with Gasteiger partial charge in [0.15, 0.2) is 5.96 Å². The van der Waals surface area contributed by atoms with Crippen molar-refractivity contribution in [2.24, 2.45) is 4.99 Å². The maximum atomic E-state index is 11.7. The molecule has 0 aromatic rings. The minimum atomic E-state index is -3.12. The highest BCUT2D eigenvalue weighted by Gasteiger charge is 2.25. The van der Waals surface area contributed by atoms with Crippen LogP contribution in [0.15, 0.2) is 4.99 Å². The van der Waals surface area contributed by atoms with Gasteiger partial charge in [-0.25, -0.2) is 13.1 Å². The van der Waals surface area contributed by atoms with Crippen molar-refractivity contribution in [3.8, 4) is 0 Å². The van der Waals surface area contributed by atoms with E-state index in [9.17, 15) is 13.2 Å². The van der Waals surface area contributed by atoms with E-state index < -0.39 is 10.0 Å². The van der Waals surface area contributed by atoms with Crippen molar-refractivity contribution in [1.82, 2.24) is 20.3 Å². The van der Waals surface area contributed by atoms with E-state index in [1.54, 1.807) is 14.0 Å². The van der Waals surface area contributed by atoms with E-state index in [4.69, 9.17) is 0 Å². The van der Waals surface area contributed by atoms with Crippen LogP contribution in [0.1, 0.15) is 33.1 Å². The quantitative estimate of drug-likeness (QED) is 0.312. The van der Waals surface area contributed by atoms with Gasteiger partial charge in [-0.2, -0.15) is 0 Å². The van der Waals surface area contributed by atoms with Crippen LogP contribution in [0.25, 0.3) is 0 Å². The minimum absolute atomic E-state index is 0.0955. The molecule has 0 aromatic heterocycles. The summed E-state index contributed by atoms with van der Waals surface area (Å²) >= 11 is 0. The third kappa shape index (κ3) is 7.17. The molecule has 23 heavy (non-hydrogen) atoms. The molecule has 0 saturated carbocycles. The Morgan fingerprint density at radius 1 is 1.30 bits per heavy atom. The van der Waals surface area contributed by atoms with Gasteiger partial charge in [-0.3, -0.25) is 9.79 Å². The van der Waals surface area contributed by atoms with Crippen LogP contribution in [-0.2, 0) is 14.8 Å². The molecule has 8 nitrogen and oxygen atoms in total. The first-order chi connectivity index (χ1) is 10.9. The highest BCUT2D eigenvalue weighted by atomic mass is 32.2. The summed E-state index contributed by atoms with van der Waals surface area (Å²) < 4.78 is 25.1. The predicted molar refractivity (Wildman–Crippen MR) is 91.9 cm³/mol. The summed E-state index contributed by atoms with van der Waals surface area (Å²) in [5.74, 6) is 0.956. The fraction of sp³-hybridized carbons (Fsp3) is 0.857. The molecule has 1 heterocycles. The second kappa shape index (κ2) is 9.71. The number of hydrogen-bond donors (Lipinski definition) is 3. The maximum absolute atomic E-state index is 11.7. The number of carbonyl (C=O) groups is 1. The van der Waals surface area contributed by atoms with Crippen molar-refractivity contribution >= 4 is 21.9 Å². The Morgan fingerprint density at radius 2 is 2.04 bits per heavy atom. The molecule has 1 aliphatic rings. The molecule has 1 aliphatic heterocycles. The van der Waals surface area contributed by atoms with Gasteiger partial charge in [0, 0.05) is 45.7 Å². The Hall–Kier alpha value is -1.35. The van der Waals surface area contributed by atoms with E-state index in [0.29, 0.717) is 38.4 Å². The fourth-order valence-electron chi connectivity index (χ4n) is 2.34. The molecule has 0 bridgehead atoms. The predicted octanol–water partition coefficient (Wildman–Crippen LogP) is -0.508. The van der Waals surface area contributed by atoms with Crippen molar-refractivity contribution in [3.05, 3.63) is 0 Å². The Balaban J connectivity index is 2.24. The summed E-state index contributed by atoms with van der Waals surface area (Å²) in [6.07, 6.45) is 2.11. The third-order valence-electron chi connectivity index (χ3n) is 3.76. The molecule has 3 N–H and O–H groups in total. The number of rotatable bonds is 8. The monoisotopic (exact) mass is 347 g/mol. The SMILES string of the molecule is CCC(=O)N1CCC(NC(=NC)NCCCNS(=O)(=O)CC)C1. The first kappa shape index (κ1) is 19.7. The second-order valence-electron chi connectivity index (χ2n) is 5.47. The molecule has 0 spiro atoms. The maximum Gasteiger partial charge on any atom is 0.222 e. The van der Waals surface area contributed by atoms with Gasteiger partial charge in [0.1, 0.15) is 0 Å². The van der Waals surface area contributed by atoms with E-state index in [1.807, 2.05) is 11.8 Å². The lowest BCUT2D eigenvalue weighted by Crippen LogP contribution is -2.45. The summed E-state index contributed by atoms with van der Waals surface area (Å²) in [5, 5.41) is 6.46. The number of carbonyl (C=O) groups excluding carboxylic acids is 1. The summed E-state index contributed by atoms with van der Waals surface area (Å²) in [5.41, 5.74) is 0. The molecule has 1 amide bonds. The number of likely N-dealkylation sites (tertiary alicyclic amines) is 1. The lowest BCUT2D eigenvalue weighted by atomic mass is 10.3. The van der Waals surface area contributed by atoms with Crippen molar-refractivity contribution in [2.75, 3.05) is 39.0 Å². The number of aliphatic imine (C=N–C) groups is 1. The van der Waals surface area contributed by atoms with Crippen molar-refractivity contribution in [2.45, 2.75) is 39.2 Å². The van der Waals surface area contributed by atoms with Gasteiger partial charge in [-0.1, -0.05) is 6.92 Å². The largest absolute Gasteiger partial charge is 0.356 e. The Kier molecular flexibility index (Phi) is 8.32.